The predicted molar refractivity (Wildman–Crippen MR) is 589 cm³/mol. The fourth-order valence-corrected chi connectivity index (χ4v) is 15.0. The van der Waals surface area contributed by atoms with Gasteiger partial charge in [-0.3, -0.25) is 14.4 Å². The number of fused-ring (bicyclic) bond motifs is 6. The van der Waals surface area contributed by atoms with Crippen molar-refractivity contribution in [2.75, 3.05) is 46.9 Å². The molecule has 6 aromatic carbocycles. The number of carboxylic acid groups (broad SMARTS) is 1. The number of carbonyl (C=O) groups excluding carboxylic acids is 8. The van der Waals surface area contributed by atoms with E-state index >= 15 is 0 Å². The Labute approximate surface area is 913 Å². The summed E-state index contributed by atoms with van der Waals surface area (Å²) >= 11 is 3.36. The molecule has 6 aromatic heterocycles. The molecule has 786 valence electrons. The Kier molecular flexibility index (Phi) is 45.1. The Balaban J connectivity index is 0.000000198. The SMILES string of the molecule is C#CC1CC1.CCCC[C@@H](CNC(=O)c1cc2ccc(C#CC3CC3)cc2[nH]1)NC(=O)OC(C)(C)C.COC(=O)c1cc2ccc(Br)cc2n1C(=O)OC(C)(C)C.COC(=O)c1cc2ccc(C#CC3CC3)cc2n1C(=O)OC(C)(C)C.Cl.NCCC[C@H](N)CNC(=O)c1cc2ccc(C#CC3CC3)cc2[nH]1.NCCC[C@H](N)CNC(=O)c1cc2ccc(C#CC3CC3)cc2[nH]1.O=C(O)c1cc2ccc(C#CC3CC3)cc2[nH]1.[Na+].[OH-]. The van der Waals surface area contributed by atoms with Crippen molar-refractivity contribution in [3.8, 4) is 71.5 Å². The van der Waals surface area contributed by atoms with Crippen LogP contribution >= 0.6 is 28.3 Å². The molecule has 150 heavy (non-hydrogen) atoms. The van der Waals surface area contributed by atoms with E-state index < -0.39 is 53.0 Å². The first-order valence-electron chi connectivity index (χ1n) is 50.3. The zero-order valence-corrected chi connectivity index (χ0v) is 92.1. The topological polar surface area (TPSA) is 475 Å². The summed E-state index contributed by atoms with van der Waals surface area (Å²) in [6, 6.07) is 44.7. The minimum Gasteiger partial charge on any atom is -0.870 e. The molecule has 0 saturated heterocycles. The largest absolute Gasteiger partial charge is 1.00 e. The molecule has 6 aliphatic carbocycles. The number of terminal acetylenes is 1. The number of nitrogens with one attached hydrogen (secondary N) is 8. The van der Waals surface area contributed by atoms with E-state index in [9.17, 15) is 43.2 Å². The van der Waals surface area contributed by atoms with Gasteiger partial charge in [-0.25, -0.2) is 37.9 Å². The summed E-state index contributed by atoms with van der Waals surface area (Å²) in [4.78, 5) is 122. The first-order chi connectivity index (χ1) is 70.2. The van der Waals surface area contributed by atoms with Crippen LogP contribution in [0, 0.1) is 107 Å². The van der Waals surface area contributed by atoms with Crippen LogP contribution < -0.4 is 73.8 Å². The molecule has 6 heterocycles. The van der Waals surface area contributed by atoms with Crippen molar-refractivity contribution in [3.05, 3.63) is 212 Å². The normalized spacial score (nSPS) is 14.0. The standard InChI is InChI=1S/C25H33N3O3.C20H21NO4.2C19H24N4O.C15H16BrNO4.C14H11NO2.C5H6.ClH.Na.H2O/c1-5-6-7-20(27-24(30)31-25(2,3)4)16-26-23(29)22-15-19-13-12-18(14-21(19)28-22)11-10-17-8-9-17;1-20(2,3)25-19(23)21-16-11-14(8-7-13-5-6-13)9-10-15(16)12-17(21)18(22)24-4;2*20-9-1-2-16(21)12-22-19(24)18-11-15-8-7-14(10-17(15)23-18)6-5-13-3-4-13;1-15(2,3)21-14(19)17-11-8-10(16)6-5-9(11)7-12(17)13(18)20-4;16-14(17)13-8-11-6-5-10(7-12(11)15-13)4-3-9-1-2-9;1-2-5-3-4-5;;;/h12-15,17,20,28H,5-9,16H2,1-4H3,(H,26,29)(H,27,30);9-13H,5-6H2,1-4H3;2*7-8,10-11,13,16,23H,1-4,9,12,20-21H2,(H,22,24);5-8H,1-4H3;5-9,15H,1-2H2,(H,16,17);1,5H,3-4H2;1H;;1H2/q;;;;;;;;+1;/p-1/t20-;;2*16-;;;;;;/m0.00....../s1. The van der Waals surface area contributed by atoms with Crippen LogP contribution in [0.1, 0.15) is 282 Å². The van der Waals surface area contributed by atoms with Gasteiger partial charge in [0.2, 0.25) is 0 Å². The number of alkyl carbamates (subject to hydrolysis) is 1. The molecule has 0 aliphatic heterocycles. The molecule has 18 rings (SSSR count). The number of hydrogen-bond donors (Lipinski definition) is 13. The van der Waals surface area contributed by atoms with Crippen LogP contribution in [-0.2, 0) is 23.7 Å². The zero-order chi connectivity index (χ0) is 106. The van der Waals surface area contributed by atoms with Crippen LogP contribution in [0.5, 0.6) is 0 Å². The van der Waals surface area contributed by atoms with E-state index in [2.05, 4.69) is 129 Å². The third kappa shape index (κ3) is 39.1. The Bertz CT molecular complexity index is 7040. The molecule has 4 amide bonds. The van der Waals surface area contributed by atoms with Gasteiger partial charge in [-0.15, -0.1) is 24.8 Å². The van der Waals surface area contributed by atoms with Crippen LogP contribution in [0.15, 0.2) is 150 Å². The molecule has 0 unspecified atom stereocenters. The summed E-state index contributed by atoms with van der Waals surface area (Å²) in [5.41, 5.74) is 32.4. The van der Waals surface area contributed by atoms with E-state index in [0.29, 0.717) is 96.3 Å². The summed E-state index contributed by atoms with van der Waals surface area (Å²) in [5, 5.41) is 25.8. The van der Waals surface area contributed by atoms with Gasteiger partial charge in [0.1, 0.15) is 51.0 Å². The zero-order valence-electron chi connectivity index (χ0n) is 87.7. The summed E-state index contributed by atoms with van der Waals surface area (Å²) in [6.07, 6.45) is 23.9. The molecule has 6 aliphatic rings. The molecule has 6 saturated carbocycles. The Hall–Kier alpha value is -13.5. The van der Waals surface area contributed by atoms with Crippen molar-refractivity contribution in [2.45, 2.75) is 226 Å². The molecule has 0 spiro atoms. The van der Waals surface area contributed by atoms with Crippen LogP contribution in [-0.4, -0.2) is 175 Å². The second-order valence-electron chi connectivity index (χ2n) is 40.6. The summed E-state index contributed by atoms with van der Waals surface area (Å²) in [7, 11) is 2.56. The first-order valence-corrected chi connectivity index (χ1v) is 51.1. The van der Waals surface area contributed by atoms with E-state index in [1.807, 2.05) is 136 Å². The molecule has 0 radical (unpaired) electrons. The number of aromatic amines is 4. The number of carboxylic acids is 1. The smallest absolute Gasteiger partial charge is 0.870 e. The molecule has 3 atom stereocenters. The average molecular weight is 2130 g/mol. The van der Waals surface area contributed by atoms with E-state index in [-0.39, 0.29) is 100 Å². The van der Waals surface area contributed by atoms with Crippen molar-refractivity contribution in [2.24, 2.45) is 58.4 Å². The quantitative estimate of drug-likeness (QED) is 0.0130. The van der Waals surface area contributed by atoms with Gasteiger partial charge >= 0.3 is 65.7 Å². The number of hydrogen-bond acceptors (Lipinski definition) is 19. The number of methoxy groups -OCH3 is 2. The van der Waals surface area contributed by atoms with E-state index in [1.165, 1.54) is 87.6 Å². The summed E-state index contributed by atoms with van der Waals surface area (Å²) in [6.45, 7) is 20.7. The molecule has 12 aromatic rings. The number of H-pyrrole nitrogens is 4. The van der Waals surface area contributed by atoms with Crippen LogP contribution in [0.3, 0.4) is 0 Å². The van der Waals surface area contributed by atoms with Crippen LogP contribution in [0.2, 0.25) is 0 Å². The first kappa shape index (κ1) is 120. The van der Waals surface area contributed by atoms with Gasteiger partial charge in [0.05, 0.1) is 25.3 Å². The number of carbonyl (C=O) groups is 9. The van der Waals surface area contributed by atoms with E-state index in [4.69, 9.17) is 58.1 Å². The van der Waals surface area contributed by atoms with Gasteiger partial charge in [0, 0.05) is 160 Å². The number of nitrogens with zero attached hydrogens (tertiary/aromatic N) is 2. The van der Waals surface area contributed by atoms with Gasteiger partial charge in [-0.1, -0.05) is 131 Å². The molecule has 18 N–H and O–H groups in total. The van der Waals surface area contributed by atoms with Crippen molar-refractivity contribution in [1.82, 2.24) is 50.3 Å². The second-order valence-corrected chi connectivity index (χ2v) is 41.5. The number of aromatic carboxylic acids is 1. The molecule has 30 nitrogen and oxygen atoms in total. The maximum Gasteiger partial charge on any atom is 1.00 e. The van der Waals surface area contributed by atoms with Gasteiger partial charge in [0.25, 0.3) is 17.7 Å². The number of rotatable bonds is 22. The van der Waals surface area contributed by atoms with Gasteiger partial charge in [0.15, 0.2) is 0 Å². The van der Waals surface area contributed by atoms with Gasteiger partial charge < -0.3 is 98.4 Å². The van der Waals surface area contributed by atoms with E-state index in [0.717, 1.165) is 144 Å². The number of benzene rings is 6. The number of esters is 2. The molecular weight excluding hydrogens is 2000 g/mol. The van der Waals surface area contributed by atoms with Crippen LogP contribution in [0.4, 0.5) is 14.4 Å². The summed E-state index contributed by atoms with van der Waals surface area (Å²) < 4.78 is 29.0. The predicted octanol–water partition coefficient (Wildman–Crippen LogP) is 17.0. The van der Waals surface area contributed by atoms with Crippen molar-refractivity contribution >= 4 is 148 Å². The third-order valence-corrected chi connectivity index (χ3v) is 24.0. The maximum absolute atomic E-state index is 12.7. The fraction of sp³-hybridized carbons (Fsp3) is 0.410. The van der Waals surface area contributed by atoms with E-state index in [1.54, 1.807) is 71.9 Å². The number of unbranched alkanes of at least 4 members (excludes halogenated alkanes) is 1. The van der Waals surface area contributed by atoms with Crippen molar-refractivity contribution < 1.29 is 107 Å². The summed E-state index contributed by atoms with van der Waals surface area (Å²) in [5.74, 6) is 35.5. The Morgan fingerprint density at radius 1 is 0.427 bits per heavy atom. The maximum atomic E-state index is 12.7. The minimum absolute atomic E-state index is 0. The number of nitrogens with two attached hydrogens (primary N) is 4. The van der Waals surface area contributed by atoms with Crippen molar-refractivity contribution in [1.29, 1.82) is 0 Å². The monoisotopic (exact) mass is 2130 g/mol. The van der Waals surface area contributed by atoms with Crippen molar-refractivity contribution in [3.63, 3.8) is 0 Å². The Morgan fingerprint density at radius 2 is 0.733 bits per heavy atom. The van der Waals surface area contributed by atoms with Crippen LogP contribution in [0.25, 0.3) is 65.4 Å². The third-order valence-electron chi connectivity index (χ3n) is 23.5. The molecular formula is C117H137BrClN14NaO16. The molecule has 0 bridgehead atoms. The second kappa shape index (κ2) is 56.4. The average Bonchev–Trinajstić information content (AvgIpc) is 1.61. The number of amides is 4. The minimum atomic E-state index is -0.938. The van der Waals surface area contributed by atoms with Gasteiger partial charge in [-0.05, 0) is 294 Å². The number of aromatic nitrogens is 6. The molecule has 33 heteroatoms. The van der Waals surface area contributed by atoms with Gasteiger partial charge in [-0.2, -0.15) is 0 Å². The number of halogens is 2. The Morgan fingerprint density at radius 3 is 1.03 bits per heavy atom. The number of ether oxygens (including phenoxy) is 5. The molecule has 6 fully saturated rings. The fourth-order valence-electron chi connectivity index (χ4n) is 14.7.